The lowest BCUT2D eigenvalue weighted by atomic mass is 10.1. The van der Waals surface area contributed by atoms with Gasteiger partial charge in [0.2, 0.25) is 6.10 Å². The fraction of sp³-hybridized carbons (Fsp3) is 0.207. The van der Waals surface area contributed by atoms with Crippen LogP contribution in [0.3, 0.4) is 0 Å². The Morgan fingerprint density at radius 3 is 2.05 bits per heavy atom. The normalized spacial score (nSPS) is 15.5. The first-order valence-corrected chi connectivity index (χ1v) is 11.8. The van der Waals surface area contributed by atoms with Crippen LogP contribution in [0.15, 0.2) is 85.1 Å². The number of H-pyrrole nitrogens is 1. The van der Waals surface area contributed by atoms with E-state index in [1.807, 2.05) is 60.7 Å². The van der Waals surface area contributed by atoms with Crippen LogP contribution >= 0.6 is 0 Å². The number of aryl methyl sites for hydroxylation is 1. The van der Waals surface area contributed by atoms with E-state index in [9.17, 15) is 9.59 Å². The molecule has 1 fully saturated rings. The summed E-state index contributed by atoms with van der Waals surface area (Å²) in [6.45, 7) is 3.87. The van der Waals surface area contributed by atoms with E-state index in [2.05, 4.69) is 29.0 Å². The molecule has 1 aliphatic heterocycles. The molecular weight excluding hydrogens is 470 g/mol. The van der Waals surface area contributed by atoms with E-state index in [1.54, 1.807) is 33.4 Å². The molecule has 0 saturated carbocycles. The lowest BCUT2D eigenvalue weighted by Gasteiger charge is -2.20. The first kappa shape index (κ1) is 25.5. The minimum Gasteiger partial charge on any atom is -0.497 e. The number of ether oxygens (including phenoxy) is 3. The molecule has 8 heteroatoms. The zero-order valence-corrected chi connectivity index (χ0v) is 21.2. The van der Waals surface area contributed by atoms with Gasteiger partial charge in [-0.25, -0.2) is 14.7 Å². The summed E-state index contributed by atoms with van der Waals surface area (Å²) in [6.07, 6.45) is -0.235. The molecule has 2 unspecified atom stereocenters. The van der Waals surface area contributed by atoms with Crippen LogP contribution in [-0.2, 0) is 9.53 Å². The Morgan fingerprint density at radius 1 is 0.919 bits per heavy atom. The molecule has 2 atom stereocenters. The zero-order valence-electron chi connectivity index (χ0n) is 21.2. The fourth-order valence-electron chi connectivity index (χ4n) is 3.94. The van der Waals surface area contributed by atoms with Gasteiger partial charge in [0.15, 0.2) is 5.82 Å². The number of amides is 2. The number of benzene rings is 3. The maximum atomic E-state index is 13.0. The molecule has 1 aliphatic rings. The molecule has 1 saturated heterocycles. The van der Waals surface area contributed by atoms with Crippen LogP contribution in [0.5, 0.6) is 11.5 Å². The van der Waals surface area contributed by atoms with Crippen molar-refractivity contribution in [1.29, 1.82) is 0 Å². The number of imide groups is 1. The van der Waals surface area contributed by atoms with Crippen molar-refractivity contribution >= 4 is 12.0 Å². The first-order chi connectivity index (χ1) is 17.9. The standard InChI is InChI=1S/C22H21N3O5.C7H8/c1-13(14-7-5-4-6-8-14)25-21(26)19(30-22(25)27)20-23-12-18(24-20)15-9-16(28-2)11-17(10-15)29-3;1-7-5-3-2-4-6-7/h4-13,19H,1-3H3,(H,23,24);2-6H,1H3. The number of carbonyl (C=O) groups excluding carboxylic acids is 2. The number of hydrogen-bond acceptors (Lipinski definition) is 6. The summed E-state index contributed by atoms with van der Waals surface area (Å²) in [5.41, 5.74) is 3.56. The van der Waals surface area contributed by atoms with Gasteiger partial charge in [0.05, 0.1) is 32.2 Å². The number of hydrogen-bond donors (Lipinski definition) is 1. The second-order valence-electron chi connectivity index (χ2n) is 8.50. The van der Waals surface area contributed by atoms with E-state index in [1.165, 1.54) is 5.56 Å². The van der Waals surface area contributed by atoms with Gasteiger partial charge in [-0.15, -0.1) is 0 Å². The van der Waals surface area contributed by atoms with Gasteiger partial charge in [0, 0.05) is 11.6 Å². The van der Waals surface area contributed by atoms with Crippen LogP contribution in [0.4, 0.5) is 4.79 Å². The van der Waals surface area contributed by atoms with Crippen molar-refractivity contribution in [1.82, 2.24) is 14.9 Å². The Morgan fingerprint density at radius 2 is 1.51 bits per heavy atom. The fourth-order valence-corrected chi connectivity index (χ4v) is 3.94. The SMILES string of the molecule is COc1cc(OC)cc(-c2cnc(C3OC(=O)N(C(C)c4ccccc4)C3=O)[nH]2)c1.Cc1ccccc1. The van der Waals surface area contributed by atoms with E-state index in [4.69, 9.17) is 14.2 Å². The maximum absolute atomic E-state index is 13.0. The van der Waals surface area contributed by atoms with Crippen molar-refractivity contribution in [2.45, 2.75) is 26.0 Å². The van der Waals surface area contributed by atoms with Crippen molar-refractivity contribution in [2.75, 3.05) is 14.2 Å². The number of nitrogens with one attached hydrogen (secondary N) is 1. The van der Waals surface area contributed by atoms with Crippen molar-refractivity contribution < 1.29 is 23.8 Å². The number of cyclic esters (lactones) is 1. The van der Waals surface area contributed by atoms with Gasteiger partial charge in [-0.3, -0.25) is 4.79 Å². The third-order valence-electron chi connectivity index (χ3n) is 5.99. The van der Waals surface area contributed by atoms with Crippen molar-refractivity contribution in [3.05, 3.63) is 102 Å². The monoisotopic (exact) mass is 499 g/mol. The smallest absolute Gasteiger partial charge is 0.418 e. The number of carbonyl (C=O) groups is 2. The minimum atomic E-state index is -1.12. The van der Waals surface area contributed by atoms with Gasteiger partial charge < -0.3 is 19.2 Å². The van der Waals surface area contributed by atoms with Crippen LogP contribution in [0.1, 0.15) is 36.0 Å². The number of imidazole rings is 1. The van der Waals surface area contributed by atoms with Gasteiger partial charge in [0.1, 0.15) is 11.5 Å². The average molecular weight is 500 g/mol. The van der Waals surface area contributed by atoms with Crippen molar-refractivity contribution in [2.24, 2.45) is 0 Å². The van der Waals surface area contributed by atoms with E-state index in [0.29, 0.717) is 17.2 Å². The predicted octanol–water partition coefficient (Wildman–Crippen LogP) is 5.87. The van der Waals surface area contributed by atoms with Crippen LogP contribution in [0, 0.1) is 6.92 Å². The summed E-state index contributed by atoms with van der Waals surface area (Å²) >= 11 is 0. The summed E-state index contributed by atoms with van der Waals surface area (Å²) in [5, 5.41) is 0. The highest BCUT2D eigenvalue weighted by Crippen LogP contribution is 2.34. The topological polar surface area (TPSA) is 93.8 Å². The lowest BCUT2D eigenvalue weighted by Crippen LogP contribution is -2.32. The number of nitrogens with zero attached hydrogens (tertiary/aromatic N) is 2. The Bertz CT molecular complexity index is 1330. The van der Waals surface area contributed by atoms with E-state index in [-0.39, 0.29) is 5.82 Å². The molecule has 190 valence electrons. The van der Waals surface area contributed by atoms with Gasteiger partial charge >= 0.3 is 6.09 Å². The summed E-state index contributed by atoms with van der Waals surface area (Å²) in [4.78, 5) is 33.9. The van der Waals surface area contributed by atoms with Crippen LogP contribution in [0.25, 0.3) is 11.3 Å². The van der Waals surface area contributed by atoms with E-state index >= 15 is 0 Å². The Kier molecular flexibility index (Phi) is 7.88. The Labute approximate surface area is 215 Å². The molecule has 0 spiro atoms. The van der Waals surface area contributed by atoms with E-state index < -0.39 is 24.1 Å². The minimum absolute atomic E-state index is 0.257. The van der Waals surface area contributed by atoms with Gasteiger partial charge in [-0.2, -0.15) is 0 Å². The Hall–Kier alpha value is -4.59. The highest BCUT2D eigenvalue weighted by molar-refractivity contribution is 6.00. The average Bonchev–Trinajstić information content (AvgIpc) is 3.53. The van der Waals surface area contributed by atoms with Crippen LogP contribution in [0.2, 0.25) is 0 Å². The quantitative estimate of drug-likeness (QED) is 0.357. The second-order valence-corrected chi connectivity index (χ2v) is 8.50. The highest BCUT2D eigenvalue weighted by atomic mass is 16.6. The lowest BCUT2D eigenvalue weighted by molar-refractivity contribution is -0.131. The van der Waals surface area contributed by atoms with Crippen molar-refractivity contribution in [3.8, 4) is 22.8 Å². The van der Waals surface area contributed by atoms with E-state index in [0.717, 1.165) is 16.0 Å². The molecule has 1 N–H and O–H groups in total. The zero-order chi connectivity index (χ0) is 26.4. The number of aromatic amines is 1. The largest absolute Gasteiger partial charge is 0.497 e. The second kappa shape index (κ2) is 11.4. The first-order valence-electron chi connectivity index (χ1n) is 11.8. The summed E-state index contributed by atoms with van der Waals surface area (Å²) < 4.78 is 15.9. The number of rotatable bonds is 6. The molecule has 8 nitrogen and oxygen atoms in total. The van der Waals surface area contributed by atoms with Crippen molar-refractivity contribution in [3.63, 3.8) is 0 Å². The third-order valence-corrected chi connectivity index (χ3v) is 5.99. The molecule has 0 bridgehead atoms. The molecule has 2 amide bonds. The van der Waals surface area contributed by atoms with Crippen LogP contribution < -0.4 is 9.47 Å². The van der Waals surface area contributed by atoms with Gasteiger partial charge in [-0.05, 0) is 31.5 Å². The maximum Gasteiger partial charge on any atom is 0.418 e. The number of methoxy groups -OCH3 is 2. The number of aromatic nitrogens is 2. The molecule has 2 heterocycles. The Balaban J connectivity index is 0.000000396. The van der Waals surface area contributed by atoms with Gasteiger partial charge in [-0.1, -0.05) is 66.2 Å². The molecule has 1 aromatic heterocycles. The molecule has 3 aromatic carbocycles. The molecule has 4 aromatic rings. The molecule has 0 aliphatic carbocycles. The van der Waals surface area contributed by atoms with Gasteiger partial charge in [0.25, 0.3) is 5.91 Å². The third kappa shape index (κ3) is 5.81. The molecular formula is C29H29N3O5. The molecule has 5 rings (SSSR count). The van der Waals surface area contributed by atoms with Crippen LogP contribution in [-0.4, -0.2) is 41.1 Å². The summed E-state index contributed by atoms with van der Waals surface area (Å²) in [5.74, 6) is 1.03. The summed E-state index contributed by atoms with van der Waals surface area (Å²) in [7, 11) is 3.13. The highest BCUT2D eigenvalue weighted by Gasteiger charge is 2.45. The predicted molar refractivity (Wildman–Crippen MR) is 139 cm³/mol. The summed E-state index contributed by atoms with van der Waals surface area (Å²) in [6, 6.07) is 24.5. The molecule has 0 radical (unpaired) electrons. The molecule has 37 heavy (non-hydrogen) atoms.